The molecule has 0 saturated carbocycles. The molecule has 1 unspecified atom stereocenters. The smallest absolute Gasteiger partial charge is 0.407 e. The highest BCUT2D eigenvalue weighted by Crippen LogP contribution is 2.06. The molecular weight excluding hydrogens is 306 g/mol. The Kier molecular flexibility index (Phi) is 8.26. The molecule has 0 spiro atoms. The van der Waals surface area contributed by atoms with Gasteiger partial charge in [-0.25, -0.2) is 4.79 Å². The van der Waals surface area contributed by atoms with Gasteiger partial charge in [-0.15, -0.1) is 0 Å². The second-order valence-corrected chi connectivity index (χ2v) is 6.70. The van der Waals surface area contributed by atoms with E-state index in [-0.39, 0.29) is 5.91 Å². The lowest BCUT2D eigenvalue weighted by Gasteiger charge is -2.19. The molecule has 0 radical (unpaired) electrons. The fourth-order valence-electron chi connectivity index (χ4n) is 2.06. The van der Waals surface area contributed by atoms with Crippen molar-refractivity contribution in [1.29, 1.82) is 0 Å². The van der Waals surface area contributed by atoms with Gasteiger partial charge in [0, 0.05) is 13.1 Å². The molecule has 1 atom stereocenters. The lowest BCUT2D eigenvalue weighted by molar-refractivity contribution is -0.122. The monoisotopic (exact) mass is 335 g/mol. The van der Waals surface area contributed by atoms with Gasteiger partial charge in [0.15, 0.2) is 0 Å². The molecule has 2 amide bonds. The van der Waals surface area contributed by atoms with Crippen molar-refractivity contribution in [3.63, 3.8) is 0 Å². The summed E-state index contributed by atoms with van der Waals surface area (Å²) >= 11 is 0. The molecule has 0 saturated heterocycles. The van der Waals surface area contributed by atoms with Gasteiger partial charge < -0.3 is 21.1 Å². The number of nitrogens with two attached hydrogens (primary N) is 1. The molecule has 134 valence electrons. The van der Waals surface area contributed by atoms with Crippen molar-refractivity contribution in [3.05, 3.63) is 35.9 Å². The highest BCUT2D eigenvalue weighted by atomic mass is 16.6. The molecule has 1 rings (SSSR count). The molecular formula is C18H29N3O3. The Labute approximate surface area is 144 Å². The number of ether oxygens (including phenoxy) is 1. The Morgan fingerprint density at radius 3 is 2.42 bits per heavy atom. The molecule has 1 aromatic carbocycles. The Morgan fingerprint density at radius 2 is 1.79 bits per heavy atom. The molecule has 0 fully saturated rings. The van der Waals surface area contributed by atoms with E-state index in [1.165, 1.54) is 5.56 Å². The minimum Gasteiger partial charge on any atom is -0.444 e. The van der Waals surface area contributed by atoms with Crippen LogP contribution in [0.4, 0.5) is 4.79 Å². The number of amides is 2. The van der Waals surface area contributed by atoms with Crippen LogP contribution in [0.3, 0.4) is 0 Å². The maximum absolute atomic E-state index is 11.9. The highest BCUT2D eigenvalue weighted by Gasteiger charge is 2.16. The highest BCUT2D eigenvalue weighted by molar-refractivity contribution is 5.81. The summed E-state index contributed by atoms with van der Waals surface area (Å²) < 4.78 is 5.13. The van der Waals surface area contributed by atoms with E-state index in [0.717, 1.165) is 6.42 Å². The third-order valence-corrected chi connectivity index (χ3v) is 3.25. The number of hydrogen-bond donors (Lipinski definition) is 3. The molecule has 0 aliphatic rings. The van der Waals surface area contributed by atoms with Crippen molar-refractivity contribution in [1.82, 2.24) is 10.6 Å². The standard InChI is InChI=1S/C18H29N3O3/c1-18(2,3)24-17(23)21-12-7-10-15(19)16(22)20-13-11-14-8-5-4-6-9-14/h4-6,8-9,15H,7,10-13,19H2,1-3H3,(H,20,22)(H,21,23). The normalized spacial score (nSPS) is 12.3. The Bertz CT molecular complexity index is 512. The van der Waals surface area contributed by atoms with Crippen LogP contribution in [0, 0.1) is 0 Å². The number of rotatable bonds is 8. The number of alkyl carbamates (subject to hydrolysis) is 1. The minimum atomic E-state index is -0.568. The number of nitrogens with one attached hydrogen (secondary N) is 2. The Morgan fingerprint density at radius 1 is 1.12 bits per heavy atom. The van der Waals surface area contributed by atoms with Crippen LogP contribution in [0.15, 0.2) is 30.3 Å². The van der Waals surface area contributed by atoms with Gasteiger partial charge in [-0.2, -0.15) is 0 Å². The van der Waals surface area contributed by atoms with E-state index in [1.54, 1.807) is 0 Å². The van der Waals surface area contributed by atoms with E-state index in [2.05, 4.69) is 10.6 Å². The van der Waals surface area contributed by atoms with E-state index in [4.69, 9.17) is 10.5 Å². The zero-order valence-corrected chi connectivity index (χ0v) is 14.8. The topological polar surface area (TPSA) is 93.4 Å². The maximum Gasteiger partial charge on any atom is 0.407 e. The zero-order valence-electron chi connectivity index (χ0n) is 14.8. The number of carbonyl (C=O) groups excluding carboxylic acids is 2. The lowest BCUT2D eigenvalue weighted by atomic mass is 10.1. The average molecular weight is 335 g/mol. The van der Waals surface area contributed by atoms with Crippen LogP contribution in [0.5, 0.6) is 0 Å². The lowest BCUT2D eigenvalue weighted by Crippen LogP contribution is -2.42. The maximum atomic E-state index is 11.9. The van der Waals surface area contributed by atoms with Crippen molar-refractivity contribution in [2.45, 2.75) is 51.7 Å². The average Bonchev–Trinajstić information content (AvgIpc) is 2.50. The molecule has 6 heteroatoms. The SMILES string of the molecule is CC(C)(C)OC(=O)NCCCC(N)C(=O)NCCc1ccccc1. The van der Waals surface area contributed by atoms with Crippen molar-refractivity contribution in [2.75, 3.05) is 13.1 Å². The number of hydrogen-bond acceptors (Lipinski definition) is 4. The molecule has 0 heterocycles. The van der Waals surface area contributed by atoms with Crippen LogP contribution in [-0.4, -0.2) is 36.7 Å². The third kappa shape index (κ3) is 9.15. The van der Waals surface area contributed by atoms with Gasteiger partial charge in [-0.1, -0.05) is 30.3 Å². The fraction of sp³-hybridized carbons (Fsp3) is 0.556. The van der Waals surface area contributed by atoms with E-state index < -0.39 is 17.7 Å². The summed E-state index contributed by atoms with van der Waals surface area (Å²) in [6.45, 7) is 6.42. The van der Waals surface area contributed by atoms with Crippen molar-refractivity contribution < 1.29 is 14.3 Å². The van der Waals surface area contributed by atoms with E-state index in [0.29, 0.717) is 25.9 Å². The summed E-state index contributed by atoms with van der Waals surface area (Å²) in [5.41, 5.74) is 6.52. The summed E-state index contributed by atoms with van der Waals surface area (Å²) in [4.78, 5) is 23.4. The van der Waals surface area contributed by atoms with Crippen LogP contribution in [-0.2, 0) is 16.0 Å². The molecule has 6 nitrogen and oxygen atoms in total. The summed E-state index contributed by atoms with van der Waals surface area (Å²) in [5, 5.41) is 5.49. The van der Waals surface area contributed by atoms with Gasteiger partial charge >= 0.3 is 6.09 Å². The molecule has 1 aromatic rings. The summed E-state index contributed by atoms with van der Waals surface area (Å²) in [7, 11) is 0. The van der Waals surface area contributed by atoms with Gasteiger partial charge in [-0.3, -0.25) is 4.79 Å². The van der Waals surface area contributed by atoms with Gasteiger partial charge in [0.05, 0.1) is 6.04 Å². The predicted molar refractivity (Wildman–Crippen MR) is 94.6 cm³/mol. The quantitative estimate of drug-likeness (QED) is 0.633. The van der Waals surface area contributed by atoms with Gasteiger partial charge in [0.1, 0.15) is 5.60 Å². The first-order valence-electron chi connectivity index (χ1n) is 8.32. The van der Waals surface area contributed by atoms with Crippen molar-refractivity contribution >= 4 is 12.0 Å². The molecule has 4 N–H and O–H groups in total. The summed E-state index contributed by atoms with van der Waals surface area (Å²) in [6, 6.07) is 9.38. The predicted octanol–water partition coefficient (Wildman–Crippen LogP) is 1.98. The van der Waals surface area contributed by atoms with Crippen molar-refractivity contribution in [3.8, 4) is 0 Å². The second kappa shape index (κ2) is 9.93. The van der Waals surface area contributed by atoms with Gasteiger partial charge in [0.2, 0.25) is 5.91 Å². The van der Waals surface area contributed by atoms with Crippen LogP contribution >= 0.6 is 0 Å². The molecule has 0 bridgehead atoms. The number of benzene rings is 1. The molecule has 0 aliphatic carbocycles. The first kappa shape index (κ1) is 20.0. The van der Waals surface area contributed by atoms with Gasteiger partial charge in [0.25, 0.3) is 0 Å². The first-order chi connectivity index (χ1) is 11.3. The van der Waals surface area contributed by atoms with Crippen LogP contribution < -0.4 is 16.4 Å². The van der Waals surface area contributed by atoms with Crippen LogP contribution in [0.25, 0.3) is 0 Å². The fourth-order valence-corrected chi connectivity index (χ4v) is 2.06. The molecule has 0 aromatic heterocycles. The largest absolute Gasteiger partial charge is 0.444 e. The van der Waals surface area contributed by atoms with E-state index in [9.17, 15) is 9.59 Å². The Balaban J connectivity index is 2.12. The van der Waals surface area contributed by atoms with Gasteiger partial charge in [-0.05, 0) is 45.6 Å². The van der Waals surface area contributed by atoms with Crippen molar-refractivity contribution in [2.24, 2.45) is 5.73 Å². The summed E-state index contributed by atoms with van der Waals surface area (Å²) in [5.74, 6) is -0.164. The third-order valence-electron chi connectivity index (χ3n) is 3.25. The Hall–Kier alpha value is -2.08. The van der Waals surface area contributed by atoms with Crippen LogP contribution in [0.2, 0.25) is 0 Å². The number of carbonyl (C=O) groups is 2. The molecule has 24 heavy (non-hydrogen) atoms. The first-order valence-corrected chi connectivity index (χ1v) is 8.32. The zero-order chi connectivity index (χ0) is 18.0. The minimum absolute atomic E-state index is 0.164. The summed E-state index contributed by atoms with van der Waals surface area (Å²) in [6.07, 6.45) is 1.45. The van der Waals surface area contributed by atoms with Crippen LogP contribution in [0.1, 0.15) is 39.2 Å². The second-order valence-electron chi connectivity index (χ2n) is 6.70. The molecule has 0 aliphatic heterocycles. The van der Waals surface area contributed by atoms with E-state index in [1.807, 2.05) is 51.1 Å². The van der Waals surface area contributed by atoms with E-state index >= 15 is 0 Å².